The van der Waals surface area contributed by atoms with Crippen molar-refractivity contribution >= 4 is 16.9 Å². The molecule has 0 spiro atoms. The first-order valence-electron chi connectivity index (χ1n) is 10.6. The number of nitrogens with zero attached hydrogens (tertiary/aromatic N) is 2. The fraction of sp³-hybridized carbons (Fsp3) is 0.360. The summed E-state index contributed by atoms with van der Waals surface area (Å²) in [6.45, 7) is 11.0. The fourth-order valence-corrected chi connectivity index (χ4v) is 3.43. The summed E-state index contributed by atoms with van der Waals surface area (Å²) in [6, 6.07) is 16.2. The number of amides is 1. The molecule has 0 radical (unpaired) electrons. The molecule has 0 aliphatic heterocycles. The number of carbonyl (C=O) groups is 1. The van der Waals surface area contributed by atoms with Gasteiger partial charge in [-0.1, -0.05) is 37.8 Å². The minimum atomic E-state index is -0.199. The Bertz CT molecular complexity index is 1000. The lowest BCUT2D eigenvalue weighted by Gasteiger charge is -2.16. The van der Waals surface area contributed by atoms with E-state index in [0.717, 1.165) is 48.4 Å². The predicted molar refractivity (Wildman–Crippen MR) is 122 cm³/mol. The Morgan fingerprint density at radius 3 is 2.60 bits per heavy atom. The van der Waals surface area contributed by atoms with E-state index < -0.39 is 0 Å². The van der Waals surface area contributed by atoms with Gasteiger partial charge in [-0.2, -0.15) is 0 Å². The Labute approximate surface area is 178 Å². The second kappa shape index (κ2) is 10.1. The zero-order chi connectivity index (χ0) is 21.5. The topological polar surface area (TPSA) is 56.2 Å². The van der Waals surface area contributed by atoms with Crippen LogP contribution in [0.3, 0.4) is 0 Å². The molecule has 0 fully saturated rings. The number of hydrogen-bond donors (Lipinski definition) is 1. The average Bonchev–Trinajstić information content (AvgIpc) is 3.12. The van der Waals surface area contributed by atoms with Gasteiger partial charge in [-0.25, -0.2) is 4.98 Å². The third-order valence-corrected chi connectivity index (χ3v) is 5.18. The molecule has 5 nitrogen and oxygen atoms in total. The predicted octanol–water partition coefficient (Wildman–Crippen LogP) is 5.21. The maximum absolute atomic E-state index is 12.1. The van der Waals surface area contributed by atoms with Crippen molar-refractivity contribution in [2.75, 3.05) is 6.61 Å². The molecule has 0 saturated carbocycles. The van der Waals surface area contributed by atoms with Gasteiger partial charge in [0.1, 0.15) is 11.6 Å². The van der Waals surface area contributed by atoms with Gasteiger partial charge < -0.3 is 14.6 Å². The Morgan fingerprint density at radius 1 is 1.17 bits per heavy atom. The zero-order valence-electron chi connectivity index (χ0n) is 18.1. The molecule has 0 aliphatic rings. The number of fused-ring (bicyclic) bond motifs is 1. The third kappa shape index (κ3) is 5.29. The molecule has 1 atom stereocenters. The van der Waals surface area contributed by atoms with Crippen molar-refractivity contribution in [2.24, 2.45) is 0 Å². The van der Waals surface area contributed by atoms with Crippen LogP contribution in [0.1, 0.15) is 51.0 Å². The highest BCUT2D eigenvalue weighted by molar-refractivity contribution is 5.92. The molecule has 1 unspecified atom stereocenters. The molecule has 0 bridgehead atoms. The summed E-state index contributed by atoms with van der Waals surface area (Å²) in [6.07, 6.45) is 2.93. The highest BCUT2D eigenvalue weighted by Crippen LogP contribution is 2.22. The second-order valence-corrected chi connectivity index (χ2v) is 7.64. The lowest BCUT2D eigenvalue weighted by atomic mass is 10.2. The summed E-state index contributed by atoms with van der Waals surface area (Å²) in [5.41, 5.74) is 3.83. The minimum absolute atomic E-state index is 0.149. The van der Waals surface area contributed by atoms with Crippen molar-refractivity contribution in [3.8, 4) is 5.75 Å². The SMILES string of the molecule is C=C(C)C(=O)NC(C)c1nc2ccccc2n1CCCCOc1ccc(CC)cc1. The number of hydrogen-bond acceptors (Lipinski definition) is 3. The number of carbonyl (C=O) groups excluding carboxylic acids is 1. The first-order valence-corrected chi connectivity index (χ1v) is 10.6. The molecule has 2 aromatic carbocycles. The molecule has 1 heterocycles. The van der Waals surface area contributed by atoms with Crippen molar-refractivity contribution in [2.45, 2.75) is 52.6 Å². The van der Waals surface area contributed by atoms with E-state index >= 15 is 0 Å². The summed E-state index contributed by atoms with van der Waals surface area (Å²) in [7, 11) is 0. The summed E-state index contributed by atoms with van der Waals surface area (Å²) in [4.78, 5) is 16.8. The standard InChI is InChI=1S/C25H31N3O2/c1-5-20-12-14-21(15-13-20)30-17-9-8-16-28-23-11-7-6-10-22(23)27-24(28)19(4)26-25(29)18(2)3/h6-7,10-15,19H,2,5,8-9,16-17H2,1,3-4H3,(H,26,29). The summed E-state index contributed by atoms with van der Waals surface area (Å²) < 4.78 is 8.08. The van der Waals surface area contributed by atoms with E-state index in [4.69, 9.17) is 9.72 Å². The number of aromatic nitrogens is 2. The number of imidazole rings is 1. The van der Waals surface area contributed by atoms with Gasteiger partial charge in [0, 0.05) is 12.1 Å². The van der Waals surface area contributed by atoms with Crippen LogP contribution in [0.2, 0.25) is 0 Å². The molecule has 0 saturated heterocycles. The van der Waals surface area contributed by atoms with Gasteiger partial charge >= 0.3 is 0 Å². The van der Waals surface area contributed by atoms with E-state index in [2.05, 4.69) is 41.6 Å². The number of rotatable bonds is 10. The van der Waals surface area contributed by atoms with Crippen molar-refractivity contribution in [3.63, 3.8) is 0 Å². The van der Waals surface area contributed by atoms with Crippen LogP contribution in [0.15, 0.2) is 60.7 Å². The van der Waals surface area contributed by atoms with Crippen LogP contribution < -0.4 is 10.1 Å². The number of unbranched alkanes of at least 4 members (excludes halogenated alkanes) is 1. The number of benzene rings is 2. The second-order valence-electron chi connectivity index (χ2n) is 7.64. The number of ether oxygens (including phenoxy) is 1. The minimum Gasteiger partial charge on any atom is -0.494 e. The van der Waals surface area contributed by atoms with E-state index in [9.17, 15) is 4.79 Å². The van der Waals surface area contributed by atoms with Crippen LogP contribution in [-0.2, 0) is 17.8 Å². The molecular formula is C25H31N3O2. The van der Waals surface area contributed by atoms with Gasteiger partial charge in [-0.3, -0.25) is 4.79 Å². The first kappa shape index (κ1) is 21.6. The molecule has 5 heteroatoms. The van der Waals surface area contributed by atoms with Crippen molar-refractivity contribution in [1.82, 2.24) is 14.9 Å². The molecule has 3 rings (SSSR count). The number of para-hydroxylation sites is 2. The van der Waals surface area contributed by atoms with Crippen molar-refractivity contribution < 1.29 is 9.53 Å². The molecule has 0 aliphatic carbocycles. The lowest BCUT2D eigenvalue weighted by Crippen LogP contribution is -2.29. The maximum atomic E-state index is 12.1. The molecule has 1 amide bonds. The first-order chi connectivity index (χ1) is 14.5. The van der Waals surface area contributed by atoms with Gasteiger partial charge in [0.2, 0.25) is 5.91 Å². The summed E-state index contributed by atoms with van der Waals surface area (Å²) >= 11 is 0. The van der Waals surface area contributed by atoms with Crippen LogP contribution in [0.5, 0.6) is 5.75 Å². The lowest BCUT2D eigenvalue weighted by molar-refractivity contribution is -0.118. The zero-order valence-corrected chi connectivity index (χ0v) is 18.1. The van der Waals surface area contributed by atoms with Crippen LogP contribution >= 0.6 is 0 Å². The number of aryl methyl sites for hydroxylation is 2. The van der Waals surface area contributed by atoms with Crippen LogP contribution in [0.25, 0.3) is 11.0 Å². The van der Waals surface area contributed by atoms with Gasteiger partial charge in [0.05, 0.1) is 23.7 Å². The molecule has 1 aromatic heterocycles. The monoisotopic (exact) mass is 405 g/mol. The molecular weight excluding hydrogens is 374 g/mol. The summed E-state index contributed by atoms with van der Waals surface area (Å²) in [5, 5.41) is 2.98. The largest absolute Gasteiger partial charge is 0.494 e. The third-order valence-electron chi connectivity index (χ3n) is 5.18. The van der Waals surface area contributed by atoms with Gasteiger partial charge in [-0.15, -0.1) is 0 Å². The Kier molecular flexibility index (Phi) is 7.28. The fourth-order valence-electron chi connectivity index (χ4n) is 3.43. The quantitative estimate of drug-likeness (QED) is 0.372. The molecule has 1 N–H and O–H groups in total. The van der Waals surface area contributed by atoms with Gasteiger partial charge in [-0.05, 0) is 62.9 Å². The van der Waals surface area contributed by atoms with E-state index in [-0.39, 0.29) is 11.9 Å². The molecule has 158 valence electrons. The maximum Gasteiger partial charge on any atom is 0.246 e. The van der Waals surface area contributed by atoms with E-state index in [1.165, 1.54) is 5.56 Å². The Balaban J connectivity index is 1.62. The van der Waals surface area contributed by atoms with Crippen LogP contribution in [-0.4, -0.2) is 22.1 Å². The highest BCUT2D eigenvalue weighted by Gasteiger charge is 2.18. The average molecular weight is 406 g/mol. The summed E-state index contributed by atoms with van der Waals surface area (Å²) in [5.74, 6) is 1.63. The number of nitrogens with one attached hydrogen (secondary N) is 1. The van der Waals surface area contributed by atoms with Gasteiger partial charge in [0.15, 0.2) is 0 Å². The Hall–Kier alpha value is -3.08. The molecule has 3 aromatic rings. The van der Waals surface area contributed by atoms with Crippen molar-refractivity contribution in [3.05, 3.63) is 72.1 Å². The van der Waals surface area contributed by atoms with Gasteiger partial charge in [0.25, 0.3) is 0 Å². The van der Waals surface area contributed by atoms with E-state index in [1.807, 2.05) is 37.3 Å². The van der Waals surface area contributed by atoms with Crippen LogP contribution in [0.4, 0.5) is 0 Å². The Morgan fingerprint density at radius 2 is 1.90 bits per heavy atom. The van der Waals surface area contributed by atoms with Crippen molar-refractivity contribution in [1.29, 1.82) is 0 Å². The normalized spacial score (nSPS) is 12.0. The van der Waals surface area contributed by atoms with Crippen LogP contribution in [0, 0.1) is 0 Å². The van der Waals surface area contributed by atoms with E-state index in [1.54, 1.807) is 6.92 Å². The highest BCUT2D eigenvalue weighted by atomic mass is 16.5. The van der Waals surface area contributed by atoms with E-state index in [0.29, 0.717) is 12.2 Å². The smallest absolute Gasteiger partial charge is 0.246 e. The molecule has 30 heavy (non-hydrogen) atoms.